The van der Waals surface area contributed by atoms with Crippen LogP contribution < -0.4 is 9.47 Å². The molecule has 1 unspecified atom stereocenters. The normalized spacial score (nSPS) is 26.5. The Balaban J connectivity index is 1.36. The van der Waals surface area contributed by atoms with Crippen molar-refractivity contribution in [2.45, 2.75) is 24.4 Å². The SMILES string of the molecule is O[C@@H]1COC2[C@H](Oc3nc4nc(Oc5ccc(F)cc5)c(Cl)cc4[nH]3)CO[C@@H]21. The van der Waals surface area contributed by atoms with Crippen LogP contribution in [0.4, 0.5) is 4.39 Å². The maximum atomic E-state index is 13.0. The second-order valence-electron chi connectivity index (χ2n) is 6.56. The number of H-pyrrole nitrogens is 1. The second kappa shape index (κ2) is 6.85. The molecule has 2 aliphatic heterocycles. The van der Waals surface area contributed by atoms with Gasteiger partial charge in [0.1, 0.15) is 34.9 Å². The molecule has 1 aromatic carbocycles. The molecule has 2 saturated heterocycles. The van der Waals surface area contributed by atoms with Gasteiger partial charge in [-0.2, -0.15) is 9.97 Å². The van der Waals surface area contributed by atoms with Crippen LogP contribution in [0, 0.1) is 5.82 Å². The van der Waals surface area contributed by atoms with Gasteiger partial charge in [-0.3, -0.25) is 0 Å². The number of benzene rings is 1. The molecule has 28 heavy (non-hydrogen) atoms. The van der Waals surface area contributed by atoms with E-state index in [4.69, 9.17) is 30.5 Å². The summed E-state index contributed by atoms with van der Waals surface area (Å²) in [6.45, 7) is 0.507. The van der Waals surface area contributed by atoms with Gasteiger partial charge in [0.25, 0.3) is 6.01 Å². The minimum atomic E-state index is -0.652. The molecule has 4 atom stereocenters. The predicted molar refractivity (Wildman–Crippen MR) is 95.3 cm³/mol. The second-order valence-corrected chi connectivity index (χ2v) is 6.97. The molecule has 0 spiro atoms. The first-order valence-electron chi connectivity index (χ1n) is 8.64. The Morgan fingerprint density at radius 1 is 1.14 bits per heavy atom. The van der Waals surface area contributed by atoms with Crippen LogP contribution in [0.5, 0.6) is 17.6 Å². The van der Waals surface area contributed by atoms with E-state index in [1.165, 1.54) is 24.3 Å². The number of pyridine rings is 1. The number of fused-ring (bicyclic) bond motifs is 2. The van der Waals surface area contributed by atoms with Gasteiger partial charge < -0.3 is 29.0 Å². The number of aliphatic hydroxyl groups excluding tert-OH is 1. The van der Waals surface area contributed by atoms with Crippen LogP contribution in [-0.4, -0.2) is 57.7 Å². The molecule has 146 valence electrons. The fraction of sp³-hybridized carbons (Fsp3) is 0.333. The summed E-state index contributed by atoms with van der Waals surface area (Å²) in [5.41, 5.74) is 0.911. The monoisotopic (exact) mass is 407 g/mol. The molecule has 4 heterocycles. The third-order valence-electron chi connectivity index (χ3n) is 4.65. The number of aromatic nitrogens is 3. The molecule has 2 fully saturated rings. The Hall–Kier alpha value is -2.46. The van der Waals surface area contributed by atoms with Crippen molar-refractivity contribution in [1.29, 1.82) is 0 Å². The fourth-order valence-electron chi connectivity index (χ4n) is 3.31. The van der Waals surface area contributed by atoms with E-state index in [9.17, 15) is 9.50 Å². The molecule has 2 N–H and O–H groups in total. The van der Waals surface area contributed by atoms with Crippen LogP contribution in [0.15, 0.2) is 30.3 Å². The molecule has 3 aromatic rings. The Bertz CT molecular complexity index is 1010. The van der Waals surface area contributed by atoms with E-state index in [1.807, 2.05) is 0 Å². The van der Waals surface area contributed by atoms with Gasteiger partial charge in [0.2, 0.25) is 5.88 Å². The van der Waals surface area contributed by atoms with Crippen LogP contribution in [0.3, 0.4) is 0 Å². The highest BCUT2D eigenvalue weighted by Crippen LogP contribution is 2.32. The Labute approximate surface area is 163 Å². The number of imidazole rings is 1. The van der Waals surface area contributed by atoms with Crippen LogP contribution >= 0.6 is 11.6 Å². The summed E-state index contributed by atoms with van der Waals surface area (Å²) in [6.07, 6.45) is -1.79. The van der Waals surface area contributed by atoms with Gasteiger partial charge >= 0.3 is 0 Å². The number of hydrogen-bond acceptors (Lipinski definition) is 7. The molecule has 0 amide bonds. The Morgan fingerprint density at radius 3 is 2.75 bits per heavy atom. The highest BCUT2D eigenvalue weighted by Gasteiger charge is 2.48. The quantitative estimate of drug-likeness (QED) is 0.685. The van der Waals surface area contributed by atoms with E-state index in [0.717, 1.165) is 0 Å². The standard InChI is InChI=1S/C18H15ClFN3O5/c19-10-5-11-16(22-17(10)27-9-3-1-8(20)2-4-9)23-18(21-11)28-13-7-26-14-12(24)6-25-15(13)14/h1-5,12-15,24H,6-7H2,(H,21,22,23)/t12-,13-,14-,15?/m1/s1. The van der Waals surface area contributed by atoms with Crippen molar-refractivity contribution in [3.05, 3.63) is 41.2 Å². The maximum absolute atomic E-state index is 13.0. The lowest BCUT2D eigenvalue weighted by Gasteiger charge is -2.15. The van der Waals surface area contributed by atoms with Crippen molar-refractivity contribution in [1.82, 2.24) is 15.0 Å². The minimum absolute atomic E-state index is 0.144. The molecular weight excluding hydrogens is 393 g/mol. The summed E-state index contributed by atoms with van der Waals surface area (Å²) < 4.78 is 35.6. The van der Waals surface area contributed by atoms with Crippen molar-refractivity contribution < 1.29 is 28.4 Å². The van der Waals surface area contributed by atoms with E-state index < -0.39 is 18.3 Å². The Morgan fingerprint density at radius 2 is 1.93 bits per heavy atom. The van der Waals surface area contributed by atoms with Crippen LogP contribution in [0.25, 0.3) is 11.2 Å². The highest BCUT2D eigenvalue weighted by molar-refractivity contribution is 6.32. The number of ether oxygens (including phenoxy) is 4. The van der Waals surface area contributed by atoms with Gasteiger partial charge in [-0.25, -0.2) is 4.39 Å². The molecule has 5 rings (SSSR count). The van der Waals surface area contributed by atoms with Gasteiger partial charge in [0.15, 0.2) is 11.8 Å². The molecule has 2 aromatic heterocycles. The van der Waals surface area contributed by atoms with Crippen molar-refractivity contribution in [2.75, 3.05) is 13.2 Å². The topological polar surface area (TPSA) is 98.7 Å². The number of halogens is 2. The zero-order valence-electron chi connectivity index (χ0n) is 14.3. The third-order valence-corrected chi connectivity index (χ3v) is 4.92. The van der Waals surface area contributed by atoms with E-state index in [-0.39, 0.29) is 42.0 Å². The largest absolute Gasteiger partial charge is 0.456 e. The zero-order valence-corrected chi connectivity index (χ0v) is 15.1. The predicted octanol–water partition coefficient (Wildman–Crippen LogP) is 2.45. The van der Waals surface area contributed by atoms with Gasteiger partial charge in [-0.05, 0) is 30.3 Å². The Kier molecular flexibility index (Phi) is 4.31. The number of rotatable bonds is 4. The lowest BCUT2D eigenvalue weighted by atomic mass is 10.1. The maximum Gasteiger partial charge on any atom is 0.296 e. The van der Waals surface area contributed by atoms with E-state index in [0.29, 0.717) is 16.9 Å². The first-order chi connectivity index (χ1) is 13.6. The van der Waals surface area contributed by atoms with Crippen molar-refractivity contribution in [2.24, 2.45) is 0 Å². The lowest BCUT2D eigenvalue weighted by Crippen LogP contribution is -2.34. The summed E-state index contributed by atoms with van der Waals surface area (Å²) >= 11 is 6.24. The summed E-state index contributed by atoms with van der Waals surface area (Å²) in [5.74, 6) is 0.173. The molecule has 0 aliphatic carbocycles. The van der Waals surface area contributed by atoms with E-state index >= 15 is 0 Å². The van der Waals surface area contributed by atoms with Gasteiger partial charge in [-0.15, -0.1) is 0 Å². The zero-order chi connectivity index (χ0) is 19.3. The van der Waals surface area contributed by atoms with Crippen molar-refractivity contribution in [3.8, 4) is 17.6 Å². The van der Waals surface area contributed by atoms with Crippen molar-refractivity contribution in [3.63, 3.8) is 0 Å². The first kappa shape index (κ1) is 17.6. The third kappa shape index (κ3) is 3.16. The molecule has 8 nitrogen and oxygen atoms in total. The number of aliphatic hydroxyl groups is 1. The van der Waals surface area contributed by atoms with Crippen LogP contribution in [0.2, 0.25) is 5.02 Å². The van der Waals surface area contributed by atoms with Gasteiger partial charge in [0, 0.05) is 0 Å². The number of hydrogen-bond donors (Lipinski definition) is 2. The molecule has 0 radical (unpaired) electrons. The minimum Gasteiger partial charge on any atom is -0.456 e. The van der Waals surface area contributed by atoms with E-state index in [2.05, 4.69) is 15.0 Å². The molecule has 0 bridgehead atoms. The summed E-state index contributed by atoms with van der Waals surface area (Å²) in [6, 6.07) is 7.36. The summed E-state index contributed by atoms with van der Waals surface area (Å²) in [5, 5.41) is 10.1. The average Bonchev–Trinajstić information content (AvgIpc) is 3.35. The van der Waals surface area contributed by atoms with Gasteiger partial charge in [-0.1, -0.05) is 11.6 Å². The van der Waals surface area contributed by atoms with Gasteiger partial charge in [0.05, 0.1) is 18.7 Å². The highest BCUT2D eigenvalue weighted by atomic mass is 35.5. The number of nitrogens with one attached hydrogen (secondary N) is 1. The average molecular weight is 408 g/mol. The number of aromatic amines is 1. The lowest BCUT2D eigenvalue weighted by molar-refractivity contribution is 0.00706. The molecule has 2 aliphatic rings. The first-order valence-corrected chi connectivity index (χ1v) is 9.02. The van der Waals surface area contributed by atoms with Crippen LogP contribution in [-0.2, 0) is 9.47 Å². The number of nitrogens with zero attached hydrogens (tertiary/aromatic N) is 2. The molecule has 0 saturated carbocycles. The van der Waals surface area contributed by atoms with Crippen molar-refractivity contribution >= 4 is 22.8 Å². The molecular formula is C18H15ClFN3O5. The molecule has 10 heteroatoms. The summed E-state index contributed by atoms with van der Waals surface area (Å²) in [4.78, 5) is 11.6. The van der Waals surface area contributed by atoms with E-state index in [1.54, 1.807) is 6.07 Å². The smallest absolute Gasteiger partial charge is 0.296 e. The van der Waals surface area contributed by atoms with Crippen LogP contribution in [0.1, 0.15) is 0 Å². The fourth-order valence-corrected chi connectivity index (χ4v) is 3.50. The summed E-state index contributed by atoms with van der Waals surface area (Å²) in [7, 11) is 0.